The van der Waals surface area contributed by atoms with Crippen LogP contribution in [0.25, 0.3) is 0 Å². The Hall–Kier alpha value is -4.25. The third-order valence-corrected chi connectivity index (χ3v) is 8.28. The van der Waals surface area contributed by atoms with E-state index in [2.05, 4.69) is 5.32 Å². The summed E-state index contributed by atoms with van der Waals surface area (Å²) < 4.78 is 45.3. The van der Waals surface area contributed by atoms with E-state index in [1.54, 1.807) is 31.2 Å². The number of likely N-dealkylation sites (N-methyl/N-ethyl adjacent to an activating group) is 1. The number of hydrogen-bond donors (Lipinski definition) is 1. The van der Waals surface area contributed by atoms with E-state index in [0.29, 0.717) is 18.1 Å². The normalized spacial score (nSPS) is 11.8. The van der Waals surface area contributed by atoms with Crippen molar-refractivity contribution < 1.29 is 32.2 Å². The van der Waals surface area contributed by atoms with Crippen molar-refractivity contribution in [3.05, 3.63) is 77.9 Å². The van der Waals surface area contributed by atoms with Gasteiger partial charge in [0.15, 0.2) is 11.5 Å². The van der Waals surface area contributed by atoms with Gasteiger partial charge in [-0.25, -0.2) is 8.42 Å². The second kappa shape index (κ2) is 13.9. The van der Waals surface area contributed by atoms with Gasteiger partial charge in [0.05, 0.1) is 31.4 Å². The molecule has 41 heavy (non-hydrogen) atoms. The van der Waals surface area contributed by atoms with Crippen molar-refractivity contribution in [2.24, 2.45) is 0 Å². The standard InChI is InChI=1S/C30H37N3O7S/c1-7-40-25-13-11-24(12-14-25)33(41(36,37)26-15-16-27(38-5)28(18-26)39-6)20-29(34)32(22(3)30(35)31-4)19-23-10-8-9-21(2)17-23/h8-18,22H,7,19-20H2,1-6H3,(H,31,35)/t22-/m0/s1. The number of anilines is 1. The topological polar surface area (TPSA) is 114 Å². The first kappa shape index (κ1) is 31.3. The van der Waals surface area contributed by atoms with Gasteiger partial charge in [0, 0.05) is 19.7 Å². The first-order chi connectivity index (χ1) is 19.5. The maximum Gasteiger partial charge on any atom is 0.264 e. The van der Waals surface area contributed by atoms with Crippen molar-refractivity contribution >= 4 is 27.5 Å². The van der Waals surface area contributed by atoms with E-state index in [-0.39, 0.29) is 28.8 Å². The second-order valence-electron chi connectivity index (χ2n) is 9.26. The molecule has 3 aromatic carbocycles. The minimum absolute atomic E-state index is 0.0959. The minimum atomic E-state index is -4.29. The Bertz CT molecular complexity index is 1460. The molecule has 0 aliphatic heterocycles. The van der Waals surface area contributed by atoms with Gasteiger partial charge in [-0.1, -0.05) is 29.8 Å². The fourth-order valence-corrected chi connectivity index (χ4v) is 5.74. The van der Waals surface area contributed by atoms with Crippen LogP contribution < -0.4 is 23.8 Å². The number of nitrogens with one attached hydrogen (secondary N) is 1. The van der Waals surface area contributed by atoms with Gasteiger partial charge in [-0.2, -0.15) is 0 Å². The van der Waals surface area contributed by atoms with Crippen LogP contribution in [-0.4, -0.2) is 65.6 Å². The fourth-order valence-electron chi connectivity index (χ4n) is 4.31. The molecule has 3 rings (SSSR count). The molecule has 1 atom stereocenters. The number of benzene rings is 3. The van der Waals surface area contributed by atoms with Crippen molar-refractivity contribution in [3.63, 3.8) is 0 Å². The highest BCUT2D eigenvalue weighted by atomic mass is 32.2. The van der Waals surface area contributed by atoms with E-state index in [1.165, 1.54) is 44.4 Å². The summed E-state index contributed by atoms with van der Waals surface area (Å²) in [5.74, 6) is 0.210. The second-order valence-corrected chi connectivity index (χ2v) is 11.1. The van der Waals surface area contributed by atoms with Crippen molar-refractivity contribution in [2.75, 3.05) is 38.7 Å². The molecular weight excluding hydrogens is 546 g/mol. The van der Waals surface area contributed by atoms with Crippen LogP contribution in [0.4, 0.5) is 5.69 Å². The summed E-state index contributed by atoms with van der Waals surface area (Å²) in [6, 6.07) is 17.4. The number of amides is 2. The Morgan fingerprint density at radius 3 is 2.22 bits per heavy atom. The van der Waals surface area contributed by atoms with E-state index in [9.17, 15) is 18.0 Å². The molecule has 0 saturated carbocycles. The predicted octanol–water partition coefficient (Wildman–Crippen LogP) is 3.77. The number of carbonyl (C=O) groups excluding carboxylic acids is 2. The molecule has 0 heterocycles. The molecule has 11 heteroatoms. The Morgan fingerprint density at radius 2 is 1.63 bits per heavy atom. The molecule has 0 unspecified atom stereocenters. The number of sulfonamides is 1. The molecule has 0 aliphatic rings. The quantitative estimate of drug-likeness (QED) is 0.326. The van der Waals surface area contributed by atoms with E-state index in [1.807, 2.05) is 38.1 Å². The highest BCUT2D eigenvalue weighted by Crippen LogP contribution is 2.33. The van der Waals surface area contributed by atoms with Gasteiger partial charge in [0.2, 0.25) is 11.8 Å². The highest BCUT2D eigenvalue weighted by molar-refractivity contribution is 7.92. The highest BCUT2D eigenvalue weighted by Gasteiger charge is 2.33. The van der Waals surface area contributed by atoms with Gasteiger partial charge in [-0.05, 0) is 62.7 Å². The third kappa shape index (κ3) is 7.49. The van der Waals surface area contributed by atoms with Crippen LogP contribution in [-0.2, 0) is 26.2 Å². The summed E-state index contributed by atoms with van der Waals surface area (Å²) >= 11 is 0. The number of nitrogens with zero attached hydrogens (tertiary/aromatic N) is 2. The molecule has 0 aliphatic carbocycles. The summed E-state index contributed by atoms with van der Waals surface area (Å²) in [7, 11) is 0.0602. The Kier molecular flexibility index (Phi) is 10.6. The van der Waals surface area contributed by atoms with Crippen LogP contribution in [0.15, 0.2) is 71.6 Å². The number of methoxy groups -OCH3 is 2. The van der Waals surface area contributed by atoms with Crippen LogP contribution in [0.5, 0.6) is 17.2 Å². The summed E-state index contributed by atoms with van der Waals surface area (Å²) in [6.07, 6.45) is 0. The third-order valence-electron chi connectivity index (χ3n) is 6.51. The lowest BCUT2D eigenvalue weighted by molar-refractivity contribution is -0.139. The molecule has 0 fully saturated rings. The largest absolute Gasteiger partial charge is 0.494 e. The molecule has 0 aromatic heterocycles. The van der Waals surface area contributed by atoms with Crippen molar-refractivity contribution in [1.29, 1.82) is 0 Å². The molecule has 0 saturated heterocycles. The maximum absolute atomic E-state index is 14.1. The number of hydrogen-bond acceptors (Lipinski definition) is 7. The summed E-state index contributed by atoms with van der Waals surface area (Å²) in [5, 5.41) is 2.58. The smallest absolute Gasteiger partial charge is 0.264 e. The number of aryl methyl sites for hydroxylation is 1. The average Bonchev–Trinajstić information content (AvgIpc) is 2.98. The zero-order chi connectivity index (χ0) is 30.2. The first-order valence-corrected chi connectivity index (χ1v) is 14.5. The van der Waals surface area contributed by atoms with Crippen molar-refractivity contribution in [2.45, 2.75) is 38.3 Å². The molecule has 0 bridgehead atoms. The average molecular weight is 584 g/mol. The monoisotopic (exact) mass is 583 g/mol. The van der Waals surface area contributed by atoms with Crippen LogP contribution in [0, 0.1) is 6.92 Å². The van der Waals surface area contributed by atoms with Gasteiger partial charge >= 0.3 is 0 Å². The number of carbonyl (C=O) groups is 2. The number of rotatable bonds is 13. The van der Waals surface area contributed by atoms with Crippen LogP contribution >= 0.6 is 0 Å². The van der Waals surface area contributed by atoms with E-state index >= 15 is 0 Å². The van der Waals surface area contributed by atoms with Gasteiger partial charge in [0.1, 0.15) is 18.3 Å². The van der Waals surface area contributed by atoms with Crippen molar-refractivity contribution in [1.82, 2.24) is 10.2 Å². The molecule has 0 radical (unpaired) electrons. The van der Waals surface area contributed by atoms with Gasteiger partial charge in [0.25, 0.3) is 10.0 Å². The molecule has 3 aromatic rings. The molecule has 1 N–H and O–H groups in total. The van der Waals surface area contributed by atoms with Crippen LogP contribution in [0.3, 0.4) is 0 Å². The lowest BCUT2D eigenvalue weighted by Gasteiger charge is -2.32. The van der Waals surface area contributed by atoms with Gasteiger partial charge in [-0.15, -0.1) is 0 Å². The minimum Gasteiger partial charge on any atom is -0.494 e. The van der Waals surface area contributed by atoms with Crippen molar-refractivity contribution in [3.8, 4) is 17.2 Å². The van der Waals surface area contributed by atoms with Gasteiger partial charge in [-0.3, -0.25) is 13.9 Å². The van der Waals surface area contributed by atoms with E-state index < -0.39 is 28.5 Å². The molecule has 2 amide bonds. The van der Waals surface area contributed by atoms with E-state index in [0.717, 1.165) is 15.4 Å². The molecule has 10 nitrogen and oxygen atoms in total. The van der Waals surface area contributed by atoms with Crippen LogP contribution in [0.2, 0.25) is 0 Å². The van der Waals surface area contributed by atoms with Gasteiger partial charge < -0.3 is 24.4 Å². The maximum atomic E-state index is 14.1. The summed E-state index contributed by atoms with van der Waals surface area (Å²) in [6.45, 7) is 5.38. The Morgan fingerprint density at radius 1 is 0.951 bits per heavy atom. The predicted molar refractivity (Wildman–Crippen MR) is 157 cm³/mol. The fraction of sp³-hybridized carbons (Fsp3) is 0.333. The zero-order valence-electron chi connectivity index (χ0n) is 24.2. The SMILES string of the molecule is CCOc1ccc(N(CC(=O)N(Cc2cccc(C)c2)[C@@H](C)C(=O)NC)S(=O)(=O)c2ccc(OC)c(OC)c2)cc1. The van der Waals surface area contributed by atoms with Crippen LogP contribution in [0.1, 0.15) is 25.0 Å². The molecule has 0 spiro atoms. The first-order valence-electron chi connectivity index (χ1n) is 13.1. The zero-order valence-corrected chi connectivity index (χ0v) is 25.0. The Balaban J connectivity index is 2.08. The Labute approximate surface area is 241 Å². The molecular formula is C30H37N3O7S. The molecule has 220 valence electrons. The lowest BCUT2D eigenvalue weighted by atomic mass is 10.1. The summed E-state index contributed by atoms with van der Waals surface area (Å²) in [4.78, 5) is 27.8. The number of ether oxygens (including phenoxy) is 3. The lowest BCUT2D eigenvalue weighted by Crippen LogP contribution is -2.50. The van der Waals surface area contributed by atoms with E-state index in [4.69, 9.17) is 14.2 Å². The summed E-state index contributed by atoms with van der Waals surface area (Å²) in [5.41, 5.74) is 2.05.